The average molecular weight is 264 g/mol. The lowest BCUT2D eigenvalue weighted by molar-refractivity contribution is -0.0946. The lowest BCUT2D eigenvalue weighted by Gasteiger charge is -2.18. The van der Waals surface area contributed by atoms with Gasteiger partial charge in [-0.3, -0.25) is 4.79 Å². The molecule has 1 aromatic carbocycles. The van der Waals surface area contributed by atoms with E-state index < -0.39 is 0 Å². The van der Waals surface area contributed by atoms with Crippen LogP contribution in [0.25, 0.3) is 0 Å². The van der Waals surface area contributed by atoms with Gasteiger partial charge < -0.3 is 14.2 Å². The maximum atomic E-state index is 12.2. The Bertz CT molecular complexity index is 415. The number of carbonyl (C=O) groups is 1. The number of epoxide rings is 1. The number of Topliss-reactive ketones (excluding diaryl/α,β-unsaturated/α-hetero) is 1. The molecule has 0 N–H and O–H groups in total. The molecule has 1 fully saturated rings. The predicted molar refractivity (Wildman–Crippen MR) is 71.0 cm³/mol. The Morgan fingerprint density at radius 3 is 2.58 bits per heavy atom. The first-order valence-corrected chi connectivity index (χ1v) is 6.50. The first kappa shape index (κ1) is 14.2. The van der Waals surface area contributed by atoms with Gasteiger partial charge in [0.15, 0.2) is 5.78 Å². The minimum absolute atomic E-state index is 0.0252. The summed E-state index contributed by atoms with van der Waals surface area (Å²) < 4.78 is 16.0. The van der Waals surface area contributed by atoms with Gasteiger partial charge >= 0.3 is 0 Å². The fraction of sp³-hybridized carbons (Fsp3) is 0.533. The van der Waals surface area contributed by atoms with E-state index >= 15 is 0 Å². The van der Waals surface area contributed by atoms with Gasteiger partial charge in [-0.15, -0.1) is 0 Å². The lowest BCUT2D eigenvalue weighted by Crippen LogP contribution is -2.30. The molecule has 4 nitrogen and oxygen atoms in total. The summed E-state index contributed by atoms with van der Waals surface area (Å²) in [6.07, 6.45) is -0.660. The van der Waals surface area contributed by atoms with Gasteiger partial charge in [0, 0.05) is 12.7 Å². The molecule has 3 atom stereocenters. The van der Waals surface area contributed by atoms with E-state index in [2.05, 4.69) is 0 Å². The predicted octanol–water partition coefficient (Wildman–Crippen LogP) is 2.28. The highest BCUT2D eigenvalue weighted by atomic mass is 16.7. The molecule has 0 aromatic heterocycles. The van der Waals surface area contributed by atoms with Gasteiger partial charge in [-0.05, 0) is 5.92 Å². The number of hydrogen-bond acceptors (Lipinski definition) is 4. The van der Waals surface area contributed by atoms with Gasteiger partial charge in [-0.1, -0.05) is 44.2 Å². The van der Waals surface area contributed by atoms with E-state index in [1.165, 1.54) is 0 Å². The summed E-state index contributed by atoms with van der Waals surface area (Å²) in [5.41, 5.74) is 0.684. The van der Waals surface area contributed by atoms with Gasteiger partial charge in [-0.2, -0.15) is 0 Å². The molecule has 1 aliphatic rings. The normalized spacial score (nSPS) is 23.4. The fourth-order valence-electron chi connectivity index (χ4n) is 2.16. The molecule has 1 saturated heterocycles. The monoisotopic (exact) mass is 264 g/mol. The molecule has 1 aliphatic heterocycles. The Hall–Kier alpha value is -1.23. The number of ketones is 1. The largest absolute Gasteiger partial charge is 0.359 e. The molecule has 104 valence electrons. The Morgan fingerprint density at radius 2 is 2.00 bits per heavy atom. The molecule has 0 saturated carbocycles. The van der Waals surface area contributed by atoms with Gasteiger partial charge in [-0.25, -0.2) is 0 Å². The maximum Gasteiger partial charge on any atom is 0.194 e. The van der Waals surface area contributed by atoms with Crippen LogP contribution in [0.3, 0.4) is 0 Å². The van der Waals surface area contributed by atoms with E-state index in [9.17, 15) is 4.79 Å². The summed E-state index contributed by atoms with van der Waals surface area (Å²) in [5.74, 6) is 0.297. The lowest BCUT2D eigenvalue weighted by atomic mass is 9.98. The van der Waals surface area contributed by atoms with Crippen molar-refractivity contribution in [1.82, 2.24) is 0 Å². The van der Waals surface area contributed by atoms with E-state index in [1.807, 2.05) is 44.2 Å². The third-order valence-electron chi connectivity index (χ3n) is 3.20. The second-order valence-electron chi connectivity index (χ2n) is 5.03. The van der Waals surface area contributed by atoms with Gasteiger partial charge in [0.1, 0.15) is 19.0 Å². The minimum Gasteiger partial charge on any atom is -0.359 e. The standard InChI is InChI=1S/C15H20O4/c1-10(2)13(18-9-17-3)15-14(19-15)12(16)11-7-5-4-6-8-11/h4-8,10,13-15H,9H2,1-3H3. The van der Waals surface area contributed by atoms with Crippen molar-refractivity contribution in [3.8, 4) is 0 Å². The topological polar surface area (TPSA) is 48.1 Å². The van der Waals surface area contributed by atoms with Crippen LogP contribution >= 0.6 is 0 Å². The smallest absolute Gasteiger partial charge is 0.194 e. The number of rotatable bonds is 7. The average Bonchev–Trinajstić information content (AvgIpc) is 3.19. The molecule has 0 bridgehead atoms. The van der Waals surface area contributed by atoms with Gasteiger partial charge in [0.25, 0.3) is 0 Å². The number of ether oxygens (including phenoxy) is 3. The number of hydrogen-bond donors (Lipinski definition) is 0. The third kappa shape index (κ3) is 3.41. The van der Waals surface area contributed by atoms with Gasteiger partial charge in [0.2, 0.25) is 0 Å². The molecule has 4 heteroatoms. The van der Waals surface area contributed by atoms with Crippen molar-refractivity contribution in [2.24, 2.45) is 5.92 Å². The molecular weight excluding hydrogens is 244 g/mol. The summed E-state index contributed by atoms with van der Waals surface area (Å²) in [5, 5.41) is 0. The molecule has 3 unspecified atom stereocenters. The highest BCUT2D eigenvalue weighted by Gasteiger charge is 2.51. The molecule has 0 amide bonds. The zero-order valence-electron chi connectivity index (χ0n) is 11.5. The molecule has 1 aromatic rings. The SMILES string of the molecule is COCOC(C(C)C)C1OC1C(=O)c1ccccc1. The van der Waals surface area contributed by atoms with E-state index in [-0.39, 0.29) is 36.8 Å². The molecule has 0 radical (unpaired) electrons. The van der Waals surface area contributed by atoms with Crippen molar-refractivity contribution >= 4 is 5.78 Å². The molecule has 1 heterocycles. The van der Waals surface area contributed by atoms with Crippen LogP contribution in [0.4, 0.5) is 0 Å². The van der Waals surface area contributed by atoms with E-state index in [0.29, 0.717) is 5.56 Å². The summed E-state index contributed by atoms with van der Waals surface area (Å²) >= 11 is 0. The number of methoxy groups -OCH3 is 1. The quantitative estimate of drug-likeness (QED) is 0.430. The molecule has 0 spiro atoms. The fourth-order valence-corrected chi connectivity index (χ4v) is 2.16. The van der Waals surface area contributed by atoms with E-state index in [4.69, 9.17) is 14.2 Å². The molecule has 2 rings (SSSR count). The van der Waals surface area contributed by atoms with E-state index in [1.54, 1.807) is 7.11 Å². The van der Waals surface area contributed by atoms with Crippen LogP contribution in [-0.4, -0.2) is 38.0 Å². The second kappa shape index (κ2) is 6.28. The summed E-state index contributed by atoms with van der Waals surface area (Å²) in [6.45, 7) is 4.31. The second-order valence-corrected chi connectivity index (χ2v) is 5.03. The molecular formula is C15H20O4. The first-order chi connectivity index (χ1) is 9.15. The maximum absolute atomic E-state index is 12.2. The van der Waals surface area contributed by atoms with Crippen molar-refractivity contribution in [2.45, 2.75) is 32.2 Å². The van der Waals surface area contributed by atoms with Crippen LogP contribution in [0.1, 0.15) is 24.2 Å². The summed E-state index contributed by atoms with van der Waals surface area (Å²) in [6, 6.07) is 9.21. The Labute approximate surface area is 113 Å². The van der Waals surface area contributed by atoms with Gasteiger partial charge in [0.05, 0.1) is 6.10 Å². The summed E-state index contributed by atoms with van der Waals surface area (Å²) in [7, 11) is 1.58. The molecule has 19 heavy (non-hydrogen) atoms. The van der Waals surface area contributed by atoms with Crippen molar-refractivity contribution in [3.63, 3.8) is 0 Å². The van der Waals surface area contributed by atoms with Crippen molar-refractivity contribution in [2.75, 3.05) is 13.9 Å². The van der Waals surface area contributed by atoms with Crippen molar-refractivity contribution < 1.29 is 19.0 Å². The Balaban J connectivity index is 1.97. The van der Waals surface area contributed by atoms with Crippen LogP contribution < -0.4 is 0 Å². The zero-order valence-corrected chi connectivity index (χ0v) is 11.5. The summed E-state index contributed by atoms with van der Waals surface area (Å²) in [4.78, 5) is 12.2. The van der Waals surface area contributed by atoms with Crippen molar-refractivity contribution in [3.05, 3.63) is 35.9 Å². The highest BCUT2D eigenvalue weighted by Crippen LogP contribution is 2.33. The van der Waals surface area contributed by atoms with Crippen LogP contribution in [0, 0.1) is 5.92 Å². The van der Waals surface area contributed by atoms with Crippen LogP contribution in [0.5, 0.6) is 0 Å². The minimum atomic E-state index is -0.383. The Morgan fingerprint density at radius 1 is 1.32 bits per heavy atom. The molecule has 0 aliphatic carbocycles. The number of benzene rings is 1. The number of carbonyl (C=O) groups excluding carboxylic acids is 1. The highest BCUT2D eigenvalue weighted by molar-refractivity contribution is 6.01. The van der Waals surface area contributed by atoms with Crippen LogP contribution in [0.2, 0.25) is 0 Å². The third-order valence-corrected chi connectivity index (χ3v) is 3.20. The zero-order chi connectivity index (χ0) is 13.8. The Kier molecular flexibility index (Phi) is 4.69. The van der Waals surface area contributed by atoms with Crippen LogP contribution in [-0.2, 0) is 14.2 Å². The van der Waals surface area contributed by atoms with Crippen LogP contribution in [0.15, 0.2) is 30.3 Å². The van der Waals surface area contributed by atoms with Crippen molar-refractivity contribution in [1.29, 1.82) is 0 Å². The van der Waals surface area contributed by atoms with E-state index in [0.717, 1.165) is 0 Å². The first-order valence-electron chi connectivity index (χ1n) is 6.50.